The second kappa shape index (κ2) is 11.5. The molecule has 0 saturated heterocycles. The lowest BCUT2D eigenvalue weighted by molar-refractivity contribution is -0.140. The summed E-state index contributed by atoms with van der Waals surface area (Å²) in [6.07, 6.45) is -1.66. The number of aromatic amines is 1. The van der Waals surface area contributed by atoms with E-state index in [2.05, 4.69) is 10.2 Å². The van der Waals surface area contributed by atoms with E-state index in [0.717, 1.165) is 17.5 Å². The SMILES string of the molecule is CC(C)N(C(=O)CN1C=CN(c2ccccc2)C(=O)C(Cc2[nH]nc3ccccc23)C1=O)c1ccc(C(F)(F)F)cc1. The third kappa shape index (κ3) is 5.76. The number of amides is 3. The van der Waals surface area contributed by atoms with Crippen molar-refractivity contribution in [3.63, 3.8) is 0 Å². The maximum absolute atomic E-state index is 13.9. The highest BCUT2D eigenvalue weighted by atomic mass is 19.4. The number of carbonyl (C=O) groups is 3. The predicted octanol–water partition coefficient (Wildman–Crippen LogP) is 5.53. The number of benzene rings is 3. The predicted molar refractivity (Wildman–Crippen MR) is 152 cm³/mol. The number of hydrogen-bond acceptors (Lipinski definition) is 4. The Labute approximate surface area is 240 Å². The summed E-state index contributed by atoms with van der Waals surface area (Å²) in [6.45, 7) is 3.02. The van der Waals surface area contributed by atoms with Crippen molar-refractivity contribution in [2.45, 2.75) is 32.5 Å². The fraction of sp³-hybridized carbons (Fsp3) is 0.226. The first-order chi connectivity index (χ1) is 20.0. The minimum Gasteiger partial charge on any atom is -0.308 e. The van der Waals surface area contributed by atoms with Crippen molar-refractivity contribution in [1.29, 1.82) is 0 Å². The summed E-state index contributed by atoms with van der Waals surface area (Å²) in [5.74, 6) is -2.76. The number of alkyl halides is 3. The van der Waals surface area contributed by atoms with Crippen molar-refractivity contribution in [2.24, 2.45) is 5.92 Å². The topological polar surface area (TPSA) is 89.6 Å². The number of para-hydroxylation sites is 2. The third-order valence-electron chi connectivity index (χ3n) is 7.06. The van der Waals surface area contributed by atoms with Gasteiger partial charge in [0, 0.05) is 47.3 Å². The average molecular weight is 576 g/mol. The number of H-pyrrole nitrogens is 1. The van der Waals surface area contributed by atoms with Crippen molar-refractivity contribution in [3.05, 3.63) is 103 Å². The molecule has 3 amide bonds. The van der Waals surface area contributed by atoms with Crippen LogP contribution in [0, 0.1) is 5.92 Å². The fourth-order valence-corrected chi connectivity index (χ4v) is 5.01. The van der Waals surface area contributed by atoms with Gasteiger partial charge in [0.05, 0.1) is 11.1 Å². The Morgan fingerprint density at radius 3 is 2.26 bits per heavy atom. The van der Waals surface area contributed by atoms with Gasteiger partial charge in [-0.25, -0.2) is 0 Å². The van der Waals surface area contributed by atoms with E-state index < -0.39 is 48.0 Å². The van der Waals surface area contributed by atoms with Crippen LogP contribution in [0.15, 0.2) is 91.3 Å². The van der Waals surface area contributed by atoms with Crippen molar-refractivity contribution in [3.8, 4) is 0 Å². The standard InChI is InChI=1S/C31H28F3N5O3/c1-20(2)39(23-14-12-21(13-15-23)31(32,33)34)28(40)19-37-16-17-38(22-8-4-3-5-9-22)30(42)25(29(37)41)18-27-24-10-6-7-11-26(24)35-36-27/h3-17,20,25H,18-19H2,1-2H3,(H,35,36). The first-order valence-corrected chi connectivity index (χ1v) is 13.3. The summed E-state index contributed by atoms with van der Waals surface area (Å²) in [4.78, 5) is 45.2. The number of nitrogens with zero attached hydrogens (tertiary/aromatic N) is 4. The number of nitrogens with one attached hydrogen (secondary N) is 1. The van der Waals surface area contributed by atoms with Crippen molar-refractivity contribution in [2.75, 3.05) is 16.3 Å². The minimum atomic E-state index is -4.51. The minimum absolute atomic E-state index is 0.0146. The summed E-state index contributed by atoms with van der Waals surface area (Å²) in [6, 6.07) is 20.0. The number of rotatable bonds is 7. The fourth-order valence-electron chi connectivity index (χ4n) is 5.01. The number of aromatic nitrogens is 2. The summed E-state index contributed by atoms with van der Waals surface area (Å²) in [7, 11) is 0. The van der Waals surface area contributed by atoms with Crippen LogP contribution in [0.2, 0.25) is 0 Å². The van der Waals surface area contributed by atoms with Crippen molar-refractivity contribution in [1.82, 2.24) is 15.1 Å². The van der Waals surface area contributed by atoms with Gasteiger partial charge in [0.25, 0.3) is 0 Å². The quantitative estimate of drug-likeness (QED) is 0.294. The summed E-state index contributed by atoms with van der Waals surface area (Å²) < 4.78 is 39.3. The number of halogens is 3. The smallest absolute Gasteiger partial charge is 0.308 e. The maximum Gasteiger partial charge on any atom is 0.416 e. The molecule has 0 saturated carbocycles. The van der Waals surface area contributed by atoms with Crippen LogP contribution in [0.4, 0.5) is 24.5 Å². The van der Waals surface area contributed by atoms with E-state index in [1.165, 1.54) is 39.2 Å². The molecule has 1 aromatic heterocycles. The molecule has 42 heavy (non-hydrogen) atoms. The second-order valence-corrected chi connectivity index (χ2v) is 10.2. The van der Waals surface area contributed by atoms with Crippen LogP contribution in [0.5, 0.6) is 0 Å². The van der Waals surface area contributed by atoms with Crippen LogP contribution >= 0.6 is 0 Å². The molecule has 0 spiro atoms. The molecule has 216 valence electrons. The van der Waals surface area contributed by atoms with Gasteiger partial charge in [0.2, 0.25) is 17.7 Å². The molecule has 2 heterocycles. The molecule has 0 aliphatic carbocycles. The van der Waals surface area contributed by atoms with Gasteiger partial charge in [0.15, 0.2) is 0 Å². The zero-order valence-electron chi connectivity index (χ0n) is 22.9. The molecule has 8 nitrogen and oxygen atoms in total. The van der Waals surface area contributed by atoms with Crippen molar-refractivity contribution >= 4 is 40.0 Å². The van der Waals surface area contributed by atoms with Crippen LogP contribution < -0.4 is 9.80 Å². The van der Waals surface area contributed by atoms with Crippen molar-refractivity contribution < 1.29 is 27.6 Å². The Balaban J connectivity index is 1.46. The first-order valence-electron chi connectivity index (χ1n) is 13.3. The third-order valence-corrected chi connectivity index (χ3v) is 7.06. The van der Waals surface area contributed by atoms with Crippen LogP contribution in [-0.2, 0) is 27.0 Å². The Kier molecular flexibility index (Phi) is 7.84. The number of carbonyl (C=O) groups excluding carboxylic acids is 3. The van der Waals surface area contributed by atoms with Gasteiger partial charge < -0.3 is 9.80 Å². The van der Waals surface area contributed by atoms with E-state index in [0.29, 0.717) is 16.9 Å². The van der Waals surface area contributed by atoms with E-state index in [9.17, 15) is 27.6 Å². The van der Waals surface area contributed by atoms with Gasteiger partial charge >= 0.3 is 6.18 Å². The lowest BCUT2D eigenvalue weighted by Gasteiger charge is -2.30. The second-order valence-electron chi connectivity index (χ2n) is 10.2. The van der Waals surface area contributed by atoms with Gasteiger partial charge in [-0.05, 0) is 56.3 Å². The summed E-state index contributed by atoms with van der Waals surface area (Å²) >= 11 is 0. The highest BCUT2D eigenvalue weighted by Crippen LogP contribution is 2.31. The molecule has 4 aromatic rings. The van der Waals surface area contributed by atoms with Gasteiger partial charge in [-0.3, -0.25) is 24.4 Å². The van der Waals surface area contributed by atoms with Crippen LogP contribution in [0.25, 0.3) is 10.9 Å². The maximum atomic E-state index is 13.9. The van der Waals surface area contributed by atoms with E-state index in [-0.39, 0.29) is 12.1 Å². The molecule has 3 aromatic carbocycles. The lowest BCUT2D eigenvalue weighted by atomic mass is 9.98. The molecule has 1 atom stereocenters. The Hall–Kier alpha value is -4.93. The number of anilines is 2. The van der Waals surface area contributed by atoms with Crippen LogP contribution in [0.3, 0.4) is 0 Å². The van der Waals surface area contributed by atoms with Gasteiger partial charge in [-0.15, -0.1) is 0 Å². The Morgan fingerprint density at radius 1 is 0.929 bits per heavy atom. The zero-order chi connectivity index (χ0) is 30.0. The molecule has 1 unspecified atom stereocenters. The van der Waals surface area contributed by atoms with E-state index in [1.54, 1.807) is 38.1 Å². The lowest BCUT2D eigenvalue weighted by Crippen LogP contribution is -2.46. The highest BCUT2D eigenvalue weighted by Gasteiger charge is 2.38. The zero-order valence-corrected chi connectivity index (χ0v) is 22.9. The normalized spacial score (nSPS) is 15.9. The van der Waals surface area contributed by atoms with Gasteiger partial charge in [0.1, 0.15) is 12.5 Å². The molecule has 1 aliphatic rings. The molecule has 11 heteroatoms. The molecule has 1 aliphatic heterocycles. The molecule has 0 radical (unpaired) electrons. The molecule has 0 bridgehead atoms. The Bertz CT molecular complexity index is 1630. The van der Waals surface area contributed by atoms with Crippen LogP contribution in [-0.4, -0.2) is 45.4 Å². The first kappa shape index (κ1) is 28.6. The summed E-state index contributed by atoms with van der Waals surface area (Å²) in [5, 5.41) is 7.99. The van der Waals surface area contributed by atoms with E-state index >= 15 is 0 Å². The largest absolute Gasteiger partial charge is 0.416 e. The van der Waals surface area contributed by atoms with Gasteiger partial charge in [-0.1, -0.05) is 36.4 Å². The molecule has 1 N–H and O–H groups in total. The summed E-state index contributed by atoms with van der Waals surface area (Å²) in [5.41, 5.74) is 1.27. The van der Waals surface area contributed by atoms with Crippen LogP contribution in [0.1, 0.15) is 25.1 Å². The van der Waals surface area contributed by atoms with E-state index in [1.807, 2.05) is 30.3 Å². The average Bonchev–Trinajstić information content (AvgIpc) is 3.33. The van der Waals surface area contributed by atoms with Gasteiger partial charge in [-0.2, -0.15) is 18.3 Å². The molecular weight excluding hydrogens is 547 g/mol. The van der Waals surface area contributed by atoms with E-state index in [4.69, 9.17) is 0 Å². The highest BCUT2D eigenvalue weighted by molar-refractivity contribution is 6.11. The Morgan fingerprint density at radius 2 is 1.60 bits per heavy atom. The number of hydrogen-bond donors (Lipinski definition) is 1. The molecule has 0 fully saturated rings. The monoisotopic (exact) mass is 575 g/mol. The number of fused-ring (bicyclic) bond motifs is 1. The molecule has 5 rings (SSSR count). The molecular formula is C31H28F3N5O3.